The van der Waals surface area contributed by atoms with Crippen molar-refractivity contribution in [3.05, 3.63) is 59.5 Å². The summed E-state index contributed by atoms with van der Waals surface area (Å²) < 4.78 is 77.1. The number of benzene rings is 3. The van der Waals surface area contributed by atoms with Crippen LogP contribution in [0.4, 0.5) is 5.69 Å². The number of hydrogen-bond acceptors (Lipinski definition) is 15. The van der Waals surface area contributed by atoms with Gasteiger partial charge in [0.05, 0.1) is 17.0 Å². The second-order valence-electron chi connectivity index (χ2n) is 12.1. The van der Waals surface area contributed by atoms with Crippen LogP contribution in [0.1, 0.15) is 77.6 Å². The minimum atomic E-state index is -5.33. The predicted molar refractivity (Wildman–Crippen MR) is 204 cm³/mol. The lowest BCUT2D eigenvalue weighted by Gasteiger charge is -2.29. The van der Waals surface area contributed by atoms with Crippen molar-refractivity contribution in [2.75, 3.05) is 31.9 Å². The van der Waals surface area contributed by atoms with Gasteiger partial charge in [0.15, 0.2) is 11.3 Å². The Morgan fingerprint density at radius 2 is 1.33 bits per heavy atom. The van der Waals surface area contributed by atoms with Crippen LogP contribution in [-0.4, -0.2) is 74.7 Å². The summed E-state index contributed by atoms with van der Waals surface area (Å²) in [6.07, 6.45) is 4.32. The molecule has 1 fully saturated rings. The van der Waals surface area contributed by atoms with Crippen LogP contribution in [0.3, 0.4) is 0 Å². The highest BCUT2D eigenvalue weighted by Gasteiger charge is 2.28. The number of rotatable bonds is 6. The fraction of sp³-hybridized carbons (Fsp3) is 0.405. The molecular weight excluding hydrogens is 755 g/mol. The van der Waals surface area contributed by atoms with Gasteiger partial charge >= 0.3 is 0 Å². The van der Waals surface area contributed by atoms with Crippen LogP contribution in [0, 0.1) is 11.3 Å². The second-order valence-corrected chi connectivity index (χ2v) is 14.7. The summed E-state index contributed by atoms with van der Waals surface area (Å²) in [5.41, 5.74) is 13.6. The molecule has 18 heteroatoms. The Morgan fingerprint density at radius 1 is 0.818 bits per heavy atom. The maximum absolute atomic E-state index is 12.0. The first-order valence-electron chi connectivity index (χ1n) is 17.4. The summed E-state index contributed by atoms with van der Waals surface area (Å²) in [6, 6.07) is 9.91. The number of fused-ring (bicyclic) bond motifs is 2. The largest absolute Gasteiger partial charge is 0.744 e. The lowest BCUT2D eigenvalue weighted by molar-refractivity contribution is -0.255. The number of amides is 1. The van der Waals surface area contributed by atoms with Gasteiger partial charge in [0.2, 0.25) is 5.91 Å². The molecule has 0 spiro atoms. The fourth-order valence-electron chi connectivity index (χ4n) is 5.26. The molecule has 2 aromatic carbocycles. The van der Waals surface area contributed by atoms with Crippen LogP contribution >= 0.6 is 0 Å². The number of carboxylic acid groups (broad SMARTS) is 1. The van der Waals surface area contributed by atoms with E-state index in [2.05, 4.69) is 13.8 Å². The van der Waals surface area contributed by atoms with Gasteiger partial charge in [-0.3, -0.25) is 15.0 Å². The van der Waals surface area contributed by atoms with Gasteiger partial charge in [-0.15, -0.1) is 0 Å². The lowest BCUT2D eigenvalue weighted by Crippen LogP contribution is -2.38. The number of Topliss-reactive ketones (excluding diaryl/α,β-unsaturated/α-hetero) is 1. The molecule has 5 rings (SSSR count). The summed E-state index contributed by atoms with van der Waals surface area (Å²) in [5, 5.41) is 18.8. The number of piperidine rings is 1. The molecule has 2 heterocycles. The Balaban J connectivity index is 0.000000564. The number of nitrogens with zero attached hydrogens (tertiary/aromatic N) is 1. The third-order valence-electron chi connectivity index (χ3n) is 7.93. The maximum atomic E-state index is 12.0. The van der Waals surface area contributed by atoms with E-state index in [1.165, 1.54) is 49.2 Å². The number of unbranched alkanes of at least 4 members (excludes halogenated alkanes) is 1. The predicted octanol–water partition coefficient (Wildman–Crippen LogP) is 3.01. The Labute approximate surface area is 322 Å². The van der Waals surface area contributed by atoms with E-state index in [9.17, 15) is 45.4 Å². The van der Waals surface area contributed by atoms with Crippen molar-refractivity contribution < 1.29 is 49.8 Å². The Morgan fingerprint density at radius 3 is 1.76 bits per heavy atom. The molecule has 1 aliphatic carbocycles. The van der Waals surface area contributed by atoms with E-state index in [-0.39, 0.29) is 45.2 Å². The van der Waals surface area contributed by atoms with Gasteiger partial charge in [-0.1, -0.05) is 64.8 Å². The minimum absolute atomic E-state index is 0.0469. The number of anilines is 1. The first-order chi connectivity index (χ1) is 25.7. The van der Waals surface area contributed by atoms with Gasteiger partial charge in [-0.05, 0) is 62.7 Å². The number of carbonyl (C=O) groups excluding carboxylic acids is 3. The zero-order valence-corrected chi connectivity index (χ0v) is 33.5. The Kier molecular flexibility index (Phi) is 19.3. The van der Waals surface area contributed by atoms with Crippen molar-refractivity contribution in [2.24, 2.45) is 17.4 Å². The van der Waals surface area contributed by atoms with Gasteiger partial charge < -0.3 is 45.5 Å². The van der Waals surface area contributed by atoms with E-state index < -0.39 is 58.4 Å². The smallest absolute Gasteiger partial charge is 0.219 e. The second kappa shape index (κ2) is 22.0. The summed E-state index contributed by atoms with van der Waals surface area (Å²) in [5.74, 6) is -1.76. The van der Waals surface area contributed by atoms with Crippen molar-refractivity contribution in [1.82, 2.24) is 4.90 Å². The highest BCUT2D eigenvalue weighted by atomic mass is 32.2. The van der Waals surface area contributed by atoms with E-state index in [0.717, 1.165) is 51.2 Å². The normalized spacial score (nSPS) is 12.8. The number of carboxylic acids is 1. The molecule has 304 valence electrons. The first-order valence-corrected chi connectivity index (χ1v) is 20.2. The molecule has 0 saturated carbocycles. The molecule has 0 aromatic heterocycles. The Hall–Kier alpha value is -4.72. The molecule has 1 amide bonds. The third kappa shape index (κ3) is 13.2. The molecule has 0 radical (unpaired) electrons. The quantitative estimate of drug-likeness (QED) is 0.124. The van der Waals surface area contributed by atoms with E-state index in [1.807, 2.05) is 13.8 Å². The lowest BCUT2D eigenvalue weighted by atomic mass is 9.90. The number of aromatic carboxylic acids is 1. The average molecular weight is 805 g/mol. The molecule has 3 aliphatic rings. The number of carbonyl (C=O) groups is 3. The van der Waals surface area contributed by atoms with Crippen LogP contribution < -0.4 is 27.7 Å². The van der Waals surface area contributed by atoms with E-state index in [1.54, 1.807) is 18.7 Å². The average Bonchev–Trinajstić information content (AvgIpc) is 3.10. The summed E-state index contributed by atoms with van der Waals surface area (Å²) >= 11 is 0. The van der Waals surface area contributed by atoms with Crippen molar-refractivity contribution in [3.63, 3.8) is 0 Å². The summed E-state index contributed by atoms with van der Waals surface area (Å²) in [6.45, 7) is 14.4. The summed E-state index contributed by atoms with van der Waals surface area (Å²) in [4.78, 5) is 33.3. The van der Waals surface area contributed by atoms with E-state index in [0.29, 0.717) is 0 Å². The van der Waals surface area contributed by atoms with Gasteiger partial charge in [0.25, 0.3) is 0 Å². The minimum Gasteiger partial charge on any atom is -0.744 e. The SMILES string of the molecule is CC(=O)C1CCN(C(C)=O)CC1.CCCC.CCN.CCN.N=c1ccc2c(-c3ccccc3C(=O)[O-])c3ccc(N)c(S(=O)(=O)[O-])c3oc-2c1S(=O)(=O)[O-]. The third-order valence-corrected chi connectivity index (χ3v) is 9.76. The van der Waals surface area contributed by atoms with Crippen molar-refractivity contribution in [3.8, 4) is 22.5 Å². The van der Waals surface area contributed by atoms with Gasteiger partial charge in [0.1, 0.15) is 35.8 Å². The number of nitrogens with two attached hydrogens (primary N) is 3. The zero-order chi connectivity index (χ0) is 42.3. The monoisotopic (exact) mass is 804 g/mol. The first kappa shape index (κ1) is 48.3. The van der Waals surface area contributed by atoms with Crippen molar-refractivity contribution >= 4 is 54.6 Å². The van der Waals surface area contributed by atoms with Gasteiger partial charge in [-0.2, -0.15) is 0 Å². The fourth-order valence-corrected chi connectivity index (χ4v) is 6.71. The van der Waals surface area contributed by atoms with Crippen LogP contribution in [0.2, 0.25) is 0 Å². The molecular formula is C37H50N5O11S2-3. The highest BCUT2D eigenvalue weighted by Crippen LogP contribution is 2.45. The molecule has 2 aliphatic heterocycles. The number of likely N-dealkylation sites (tertiary alicyclic amines) is 1. The molecule has 55 heavy (non-hydrogen) atoms. The number of nitrogen functional groups attached to an aromatic ring is 1. The maximum Gasteiger partial charge on any atom is 0.219 e. The Bertz CT molecular complexity index is 2150. The molecule has 2 aromatic rings. The van der Waals surface area contributed by atoms with Crippen LogP contribution in [0.25, 0.3) is 33.4 Å². The topological polar surface area (TPSA) is 307 Å². The molecule has 16 nitrogen and oxygen atoms in total. The zero-order valence-electron chi connectivity index (χ0n) is 31.8. The highest BCUT2D eigenvalue weighted by molar-refractivity contribution is 7.86. The molecule has 0 atom stereocenters. The number of ketones is 1. The number of nitrogens with one attached hydrogen (secondary N) is 1. The summed E-state index contributed by atoms with van der Waals surface area (Å²) in [7, 11) is -10.6. The van der Waals surface area contributed by atoms with Crippen molar-refractivity contribution in [2.45, 2.75) is 77.0 Å². The molecule has 1 saturated heterocycles. The van der Waals surface area contributed by atoms with Crippen molar-refractivity contribution in [1.29, 1.82) is 5.41 Å². The van der Waals surface area contributed by atoms with Crippen LogP contribution in [0.15, 0.2) is 62.7 Å². The van der Waals surface area contributed by atoms with E-state index >= 15 is 0 Å². The molecule has 0 unspecified atom stereocenters. The van der Waals surface area contributed by atoms with E-state index in [4.69, 9.17) is 27.0 Å². The van der Waals surface area contributed by atoms with Gasteiger partial charge in [0, 0.05) is 48.0 Å². The van der Waals surface area contributed by atoms with Gasteiger partial charge in [-0.25, -0.2) is 16.8 Å². The number of hydrogen-bond donors (Lipinski definition) is 4. The van der Waals surface area contributed by atoms with Crippen LogP contribution in [-0.2, 0) is 29.8 Å². The standard InChI is InChI=1S/C20H14N2O9S2.C9H15NO2.C4H10.2C2H7N/c21-13-7-5-11-15(9-3-1-2-4-10(9)20(23)24)12-6-8-14(22)19(33(28,29)30)17(12)31-16(11)18(13)32(25,26)27;1-7(11)9-3-5-10(6-4-9)8(2)12;1-3-4-2;2*1-2-3/h1-8,21H,22H2,(H,23,24)(H,25,26,27)(H,28,29,30);9H,3-6H2,1-2H3;3-4H2,1-2H3;2*2-3H2,1H3/p-3. The van der Waals surface area contributed by atoms with Crippen LogP contribution in [0.5, 0.6) is 0 Å². The molecule has 0 bridgehead atoms. The molecule has 7 N–H and O–H groups in total.